The van der Waals surface area contributed by atoms with E-state index in [1.165, 1.54) is 11.3 Å². The second-order valence-corrected chi connectivity index (χ2v) is 9.38. The summed E-state index contributed by atoms with van der Waals surface area (Å²) < 4.78 is 0. The topological polar surface area (TPSA) is 77.5 Å². The molecular formula is C28H34N4O2. The Morgan fingerprint density at radius 1 is 1.12 bits per heavy atom. The molecule has 1 aliphatic heterocycles. The van der Waals surface area contributed by atoms with Gasteiger partial charge >= 0.3 is 5.97 Å². The first kappa shape index (κ1) is 23.6. The molecule has 0 aliphatic carbocycles. The van der Waals surface area contributed by atoms with Crippen LogP contribution in [0.3, 0.4) is 0 Å². The highest BCUT2D eigenvalue weighted by Gasteiger charge is 2.23. The Hall–Kier alpha value is -3.54. The van der Waals surface area contributed by atoms with Gasteiger partial charge in [0.05, 0.1) is 0 Å². The molecule has 2 heterocycles. The van der Waals surface area contributed by atoms with Gasteiger partial charge in [0, 0.05) is 43.6 Å². The van der Waals surface area contributed by atoms with Gasteiger partial charge in [-0.3, -0.25) is 0 Å². The van der Waals surface area contributed by atoms with Crippen LogP contribution in [0.2, 0.25) is 0 Å². The van der Waals surface area contributed by atoms with Crippen LogP contribution in [0.15, 0.2) is 60.8 Å². The van der Waals surface area contributed by atoms with Gasteiger partial charge in [0.2, 0.25) is 0 Å². The molecule has 0 spiro atoms. The lowest BCUT2D eigenvalue weighted by atomic mass is 10.0. The van der Waals surface area contributed by atoms with Crippen molar-refractivity contribution in [3.63, 3.8) is 0 Å². The summed E-state index contributed by atoms with van der Waals surface area (Å²) in [5.41, 5.74) is 6.44. The molecule has 1 aromatic heterocycles. The minimum atomic E-state index is -0.841. The van der Waals surface area contributed by atoms with Crippen LogP contribution >= 0.6 is 0 Å². The predicted octanol–water partition coefficient (Wildman–Crippen LogP) is 5.05. The van der Waals surface area contributed by atoms with Crippen LogP contribution < -0.4 is 15.5 Å². The normalized spacial score (nSPS) is 16.3. The maximum absolute atomic E-state index is 12.0. The number of hydrogen-bond donors (Lipinski definition) is 3. The van der Waals surface area contributed by atoms with E-state index in [-0.39, 0.29) is 0 Å². The van der Waals surface area contributed by atoms with E-state index in [2.05, 4.69) is 63.8 Å². The van der Waals surface area contributed by atoms with Crippen molar-refractivity contribution in [2.24, 2.45) is 5.92 Å². The average molecular weight is 459 g/mol. The van der Waals surface area contributed by atoms with E-state index >= 15 is 0 Å². The zero-order valence-corrected chi connectivity index (χ0v) is 20.2. The van der Waals surface area contributed by atoms with E-state index in [1.807, 2.05) is 32.0 Å². The molecule has 1 fully saturated rings. The number of aryl methyl sites for hydroxylation is 3. The van der Waals surface area contributed by atoms with Crippen LogP contribution in [0.1, 0.15) is 28.7 Å². The number of pyridine rings is 1. The minimum Gasteiger partial charge on any atom is -0.480 e. The van der Waals surface area contributed by atoms with E-state index in [9.17, 15) is 9.90 Å². The Kier molecular flexibility index (Phi) is 7.36. The van der Waals surface area contributed by atoms with E-state index in [0.717, 1.165) is 54.3 Å². The predicted molar refractivity (Wildman–Crippen MR) is 139 cm³/mol. The van der Waals surface area contributed by atoms with Crippen LogP contribution in [0.4, 0.5) is 17.2 Å². The van der Waals surface area contributed by atoms with Gasteiger partial charge in [-0.15, -0.1) is 0 Å². The fourth-order valence-corrected chi connectivity index (χ4v) is 4.81. The summed E-state index contributed by atoms with van der Waals surface area (Å²) in [4.78, 5) is 18.7. The van der Waals surface area contributed by atoms with Crippen molar-refractivity contribution in [3.8, 4) is 0 Å². The van der Waals surface area contributed by atoms with E-state index in [4.69, 9.17) is 0 Å². The fourth-order valence-electron chi connectivity index (χ4n) is 4.81. The second kappa shape index (κ2) is 10.6. The summed E-state index contributed by atoms with van der Waals surface area (Å²) in [6, 6.07) is 17.7. The van der Waals surface area contributed by atoms with Crippen molar-refractivity contribution < 1.29 is 9.90 Å². The number of aliphatic carboxylic acids is 1. The number of anilines is 3. The van der Waals surface area contributed by atoms with Crippen molar-refractivity contribution >= 4 is 23.2 Å². The van der Waals surface area contributed by atoms with Gasteiger partial charge in [-0.05, 0) is 74.1 Å². The number of nitrogens with zero attached hydrogens (tertiary/aromatic N) is 2. The molecule has 0 amide bonds. The molecule has 4 rings (SSSR count). The molecular weight excluding hydrogens is 424 g/mol. The van der Waals surface area contributed by atoms with Crippen molar-refractivity contribution in [2.75, 3.05) is 35.2 Å². The molecule has 178 valence electrons. The molecule has 34 heavy (non-hydrogen) atoms. The first-order valence-electron chi connectivity index (χ1n) is 11.9. The highest BCUT2D eigenvalue weighted by Crippen LogP contribution is 2.26. The molecule has 2 aromatic carbocycles. The van der Waals surface area contributed by atoms with Crippen molar-refractivity contribution in [2.45, 2.75) is 39.7 Å². The Bertz CT molecular complexity index is 1090. The van der Waals surface area contributed by atoms with Crippen molar-refractivity contribution in [1.29, 1.82) is 0 Å². The van der Waals surface area contributed by atoms with Gasteiger partial charge in [0.25, 0.3) is 0 Å². The Morgan fingerprint density at radius 3 is 2.50 bits per heavy atom. The van der Waals surface area contributed by atoms with E-state index in [1.54, 1.807) is 6.20 Å². The molecule has 3 N–H and O–H groups in total. The molecule has 0 bridgehead atoms. The number of carboxylic acid groups (broad SMARTS) is 1. The fraction of sp³-hybridized carbons (Fsp3) is 0.357. The third-order valence-electron chi connectivity index (χ3n) is 6.56. The number of hydrogen-bond acceptors (Lipinski definition) is 5. The van der Waals surface area contributed by atoms with Crippen LogP contribution in [0, 0.1) is 26.7 Å². The van der Waals surface area contributed by atoms with Crippen LogP contribution in [0.25, 0.3) is 0 Å². The summed E-state index contributed by atoms with van der Waals surface area (Å²) in [7, 11) is 0. The number of rotatable bonds is 9. The molecule has 1 aliphatic rings. The molecule has 2 atom stereocenters. The molecule has 3 aromatic rings. The van der Waals surface area contributed by atoms with Crippen LogP contribution in [-0.4, -0.2) is 41.7 Å². The van der Waals surface area contributed by atoms with Gasteiger partial charge in [-0.2, -0.15) is 0 Å². The zero-order valence-electron chi connectivity index (χ0n) is 20.2. The van der Waals surface area contributed by atoms with Crippen molar-refractivity contribution in [3.05, 3.63) is 83.0 Å². The van der Waals surface area contributed by atoms with E-state index < -0.39 is 12.0 Å². The third kappa shape index (κ3) is 5.87. The molecule has 6 heteroatoms. The lowest BCUT2D eigenvalue weighted by Gasteiger charge is -2.21. The van der Waals surface area contributed by atoms with Gasteiger partial charge in [-0.25, -0.2) is 9.78 Å². The summed E-state index contributed by atoms with van der Waals surface area (Å²) in [6.45, 7) is 9.04. The Labute approximate surface area is 202 Å². The number of carbonyl (C=O) groups is 1. The van der Waals surface area contributed by atoms with Crippen LogP contribution in [-0.2, 0) is 11.2 Å². The zero-order chi connectivity index (χ0) is 24.1. The molecule has 2 unspecified atom stereocenters. The average Bonchev–Trinajstić information content (AvgIpc) is 3.29. The number of benzene rings is 2. The summed E-state index contributed by atoms with van der Waals surface area (Å²) >= 11 is 0. The highest BCUT2D eigenvalue weighted by atomic mass is 16.4. The Morgan fingerprint density at radius 2 is 1.85 bits per heavy atom. The maximum Gasteiger partial charge on any atom is 0.326 e. The second-order valence-electron chi connectivity index (χ2n) is 9.38. The molecule has 6 nitrogen and oxygen atoms in total. The highest BCUT2D eigenvalue weighted by molar-refractivity contribution is 5.79. The summed E-state index contributed by atoms with van der Waals surface area (Å²) in [5.74, 6) is 0.650. The summed E-state index contributed by atoms with van der Waals surface area (Å²) in [5, 5.41) is 16.5. The number of aromatic nitrogens is 1. The van der Waals surface area contributed by atoms with Gasteiger partial charge in [0.1, 0.15) is 11.9 Å². The number of carboxylic acids is 1. The van der Waals surface area contributed by atoms with Gasteiger partial charge < -0.3 is 20.6 Å². The van der Waals surface area contributed by atoms with Gasteiger partial charge in [-0.1, -0.05) is 35.9 Å². The standard InChI is InChI=1S/C28H34N4O2/c1-19-14-20(2)27(21(3)15-19)31-25(28(33)34)16-22-7-9-24(10-8-22)32-13-11-23(18-32)17-30-26-6-4-5-12-29-26/h4-10,12,14-15,23,25,31H,11,13,16-18H2,1-3H3,(H,29,30)(H,33,34). The van der Waals surface area contributed by atoms with E-state index in [0.29, 0.717) is 12.3 Å². The summed E-state index contributed by atoms with van der Waals surface area (Å²) in [6.07, 6.45) is 3.37. The monoisotopic (exact) mass is 458 g/mol. The van der Waals surface area contributed by atoms with Gasteiger partial charge in [0.15, 0.2) is 0 Å². The molecule has 0 radical (unpaired) electrons. The van der Waals surface area contributed by atoms with Crippen LogP contribution in [0.5, 0.6) is 0 Å². The molecule has 1 saturated heterocycles. The minimum absolute atomic E-state index is 0.430. The first-order valence-corrected chi connectivity index (χ1v) is 11.9. The molecule has 0 saturated carbocycles. The quantitative estimate of drug-likeness (QED) is 0.416. The Balaban J connectivity index is 1.35. The SMILES string of the molecule is Cc1cc(C)c(NC(Cc2ccc(N3CCC(CNc4ccccn4)C3)cc2)C(=O)O)c(C)c1. The maximum atomic E-state index is 12.0. The number of nitrogens with one attached hydrogen (secondary N) is 2. The smallest absolute Gasteiger partial charge is 0.326 e. The lowest BCUT2D eigenvalue weighted by Crippen LogP contribution is -2.32. The third-order valence-corrected chi connectivity index (χ3v) is 6.56. The van der Waals surface area contributed by atoms with Crippen molar-refractivity contribution in [1.82, 2.24) is 4.98 Å². The first-order chi connectivity index (χ1) is 16.4. The lowest BCUT2D eigenvalue weighted by molar-refractivity contribution is -0.137. The largest absolute Gasteiger partial charge is 0.480 e.